The highest BCUT2D eigenvalue weighted by Gasteiger charge is 2.09. The van der Waals surface area contributed by atoms with Gasteiger partial charge in [-0.25, -0.2) is 4.98 Å². The van der Waals surface area contributed by atoms with Crippen molar-refractivity contribution in [2.45, 2.75) is 13.5 Å². The number of fused-ring (bicyclic) bond motifs is 1. The van der Waals surface area contributed by atoms with Crippen molar-refractivity contribution in [3.8, 4) is 5.75 Å². The third kappa shape index (κ3) is 2.29. The van der Waals surface area contributed by atoms with E-state index < -0.39 is 0 Å². The zero-order chi connectivity index (χ0) is 13.2. The van der Waals surface area contributed by atoms with E-state index in [9.17, 15) is 0 Å². The van der Waals surface area contributed by atoms with Crippen LogP contribution in [0.2, 0.25) is 0 Å². The molecule has 19 heavy (non-hydrogen) atoms. The number of ether oxygens (including phenoxy) is 1. The molecule has 2 aromatic heterocycles. The number of hydrogen-bond acceptors (Lipinski definition) is 4. The van der Waals surface area contributed by atoms with Gasteiger partial charge in [0.25, 0.3) is 0 Å². The third-order valence-electron chi connectivity index (χ3n) is 3.09. The quantitative estimate of drug-likeness (QED) is 0.792. The van der Waals surface area contributed by atoms with Crippen LogP contribution in [0.25, 0.3) is 4.96 Å². The minimum Gasteiger partial charge on any atom is -0.497 e. The summed E-state index contributed by atoms with van der Waals surface area (Å²) in [5.74, 6) is 0.857. The Morgan fingerprint density at radius 2 is 2.32 bits per heavy atom. The first-order valence-electron chi connectivity index (χ1n) is 6.07. The maximum absolute atomic E-state index is 5.22. The predicted octanol–water partition coefficient (Wildman–Crippen LogP) is 3.32. The third-order valence-corrected chi connectivity index (χ3v) is 3.85. The first-order valence-corrected chi connectivity index (χ1v) is 6.95. The molecule has 0 radical (unpaired) electrons. The van der Waals surface area contributed by atoms with E-state index in [0.717, 1.165) is 28.6 Å². The van der Waals surface area contributed by atoms with E-state index in [0.29, 0.717) is 0 Å². The summed E-state index contributed by atoms with van der Waals surface area (Å²) in [6, 6.07) is 7.93. The van der Waals surface area contributed by atoms with E-state index in [1.165, 1.54) is 5.69 Å². The molecule has 0 spiro atoms. The molecule has 0 atom stereocenters. The summed E-state index contributed by atoms with van der Waals surface area (Å²) in [4.78, 5) is 5.58. The molecule has 0 amide bonds. The molecule has 0 unspecified atom stereocenters. The van der Waals surface area contributed by atoms with Crippen molar-refractivity contribution >= 4 is 22.0 Å². The first kappa shape index (κ1) is 12.0. The van der Waals surface area contributed by atoms with Gasteiger partial charge in [0, 0.05) is 23.3 Å². The average Bonchev–Trinajstić information content (AvgIpc) is 2.97. The van der Waals surface area contributed by atoms with Gasteiger partial charge in [-0.05, 0) is 19.1 Å². The van der Waals surface area contributed by atoms with Gasteiger partial charge in [0.15, 0.2) is 4.96 Å². The van der Waals surface area contributed by atoms with Gasteiger partial charge in [-0.2, -0.15) is 0 Å². The van der Waals surface area contributed by atoms with E-state index in [1.54, 1.807) is 18.4 Å². The Labute approximate surface area is 115 Å². The molecule has 4 nitrogen and oxygen atoms in total. The number of nitrogens with zero attached hydrogens (tertiary/aromatic N) is 2. The second-order valence-electron chi connectivity index (χ2n) is 4.28. The van der Waals surface area contributed by atoms with Gasteiger partial charge in [0.05, 0.1) is 25.0 Å². The molecule has 0 bridgehead atoms. The molecule has 0 aliphatic rings. The predicted molar refractivity (Wildman–Crippen MR) is 78.1 cm³/mol. The number of imidazole rings is 1. The fourth-order valence-corrected chi connectivity index (χ4v) is 2.85. The Morgan fingerprint density at radius 1 is 1.42 bits per heavy atom. The number of hydrogen-bond donors (Lipinski definition) is 1. The lowest BCUT2D eigenvalue weighted by Gasteiger charge is -2.08. The lowest BCUT2D eigenvalue weighted by molar-refractivity contribution is 0.415. The van der Waals surface area contributed by atoms with Crippen LogP contribution in [-0.4, -0.2) is 16.5 Å². The number of methoxy groups -OCH3 is 1. The van der Waals surface area contributed by atoms with Gasteiger partial charge < -0.3 is 10.1 Å². The van der Waals surface area contributed by atoms with Crippen LogP contribution in [0.5, 0.6) is 5.75 Å². The Hall–Kier alpha value is -2.01. The molecule has 2 heterocycles. The second-order valence-corrected chi connectivity index (χ2v) is 5.16. The second kappa shape index (κ2) is 4.93. The largest absolute Gasteiger partial charge is 0.497 e. The molecule has 1 N–H and O–H groups in total. The maximum Gasteiger partial charge on any atom is 0.194 e. The summed E-state index contributed by atoms with van der Waals surface area (Å²) in [6.07, 6.45) is 2.06. The van der Waals surface area contributed by atoms with Crippen LogP contribution < -0.4 is 10.1 Å². The first-order chi connectivity index (χ1) is 9.28. The summed E-state index contributed by atoms with van der Waals surface area (Å²) in [7, 11) is 1.68. The normalized spacial score (nSPS) is 10.8. The van der Waals surface area contributed by atoms with Crippen LogP contribution in [0.15, 0.2) is 35.8 Å². The van der Waals surface area contributed by atoms with Crippen LogP contribution in [0.1, 0.15) is 11.4 Å². The smallest absolute Gasteiger partial charge is 0.194 e. The maximum atomic E-state index is 5.22. The minimum absolute atomic E-state index is 0.747. The molecule has 0 saturated carbocycles. The monoisotopic (exact) mass is 273 g/mol. The van der Waals surface area contributed by atoms with Crippen LogP contribution in [0.4, 0.5) is 5.69 Å². The number of rotatable bonds is 4. The standard InChI is InChI=1S/C14H15N3OS/c1-10-13(17-6-7-19-14(17)16-10)9-15-11-4-3-5-12(8-11)18-2/h3-8,15H,9H2,1-2H3. The highest BCUT2D eigenvalue weighted by molar-refractivity contribution is 7.15. The van der Waals surface area contributed by atoms with Crippen LogP contribution in [-0.2, 0) is 6.54 Å². The summed E-state index contributed by atoms with van der Waals surface area (Å²) < 4.78 is 7.35. The van der Waals surface area contributed by atoms with Crippen molar-refractivity contribution in [2.75, 3.05) is 12.4 Å². The van der Waals surface area contributed by atoms with Crippen molar-refractivity contribution < 1.29 is 4.74 Å². The molecule has 98 valence electrons. The molecule has 5 heteroatoms. The zero-order valence-electron chi connectivity index (χ0n) is 10.9. The van der Waals surface area contributed by atoms with Crippen molar-refractivity contribution in [1.82, 2.24) is 9.38 Å². The fourth-order valence-electron chi connectivity index (χ4n) is 2.07. The number of anilines is 1. The molecule has 3 rings (SSSR count). The van der Waals surface area contributed by atoms with Gasteiger partial charge in [-0.1, -0.05) is 6.07 Å². The van der Waals surface area contributed by atoms with Crippen LogP contribution in [0.3, 0.4) is 0 Å². The number of thiazole rings is 1. The SMILES string of the molecule is COc1cccc(NCc2c(C)nc3sccn23)c1. The van der Waals surface area contributed by atoms with E-state index >= 15 is 0 Å². The highest BCUT2D eigenvalue weighted by atomic mass is 32.1. The lowest BCUT2D eigenvalue weighted by Crippen LogP contribution is -2.03. The fraction of sp³-hybridized carbons (Fsp3) is 0.214. The number of aromatic nitrogens is 2. The summed E-state index contributed by atoms with van der Waals surface area (Å²) >= 11 is 1.65. The Kier molecular flexibility index (Phi) is 3.13. The summed E-state index contributed by atoms with van der Waals surface area (Å²) in [5.41, 5.74) is 3.31. The highest BCUT2D eigenvalue weighted by Crippen LogP contribution is 2.20. The molecule has 0 saturated heterocycles. The van der Waals surface area contributed by atoms with Gasteiger partial charge in [-0.15, -0.1) is 11.3 Å². The lowest BCUT2D eigenvalue weighted by atomic mass is 10.3. The van der Waals surface area contributed by atoms with Crippen molar-refractivity contribution in [3.05, 3.63) is 47.2 Å². The number of nitrogens with one attached hydrogen (secondary N) is 1. The number of aryl methyl sites for hydroxylation is 1. The van der Waals surface area contributed by atoms with Gasteiger partial charge in [0.2, 0.25) is 0 Å². The van der Waals surface area contributed by atoms with Crippen molar-refractivity contribution in [1.29, 1.82) is 0 Å². The Morgan fingerprint density at radius 3 is 3.16 bits per heavy atom. The Bertz CT molecular complexity index is 702. The average molecular weight is 273 g/mol. The molecule has 1 aromatic carbocycles. The zero-order valence-corrected chi connectivity index (χ0v) is 11.7. The molecule has 3 aromatic rings. The van der Waals surface area contributed by atoms with E-state index in [-0.39, 0.29) is 0 Å². The van der Waals surface area contributed by atoms with E-state index in [1.807, 2.05) is 31.2 Å². The molecular formula is C14H15N3OS. The van der Waals surface area contributed by atoms with E-state index in [4.69, 9.17) is 4.74 Å². The molecule has 0 fully saturated rings. The number of benzene rings is 1. The van der Waals surface area contributed by atoms with Gasteiger partial charge in [-0.3, -0.25) is 4.40 Å². The molecule has 0 aliphatic carbocycles. The summed E-state index contributed by atoms with van der Waals surface area (Å²) in [5, 5.41) is 5.46. The van der Waals surface area contributed by atoms with Crippen LogP contribution >= 0.6 is 11.3 Å². The van der Waals surface area contributed by atoms with Crippen molar-refractivity contribution in [3.63, 3.8) is 0 Å². The summed E-state index contributed by atoms with van der Waals surface area (Å²) in [6.45, 7) is 2.79. The van der Waals surface area contributed by atoms with Gasteiger partial charge >= 0.3 is 0 Å². The molecular weight excluding hydrogens is 258 g/mol. The molecule has 0 aliphatic heterocycles. The van der Waals surface area contributed by atoms with Crippen molar-refractivity contribution in [2.24, 2.45) is 0 Å². The van der Waals surface area contributed by atoms with Crippen LogP contribution in [0, 0.1) is 6.92 Å². The minimum atomic E-state index is 0.747. The van der Waals surface area contributed by atoms with E-state index in [2.05, 4.69) is 26.3 Å². The Balaban J connectivity index is 1.81. The topological polar surface area (TPSA) is 38.6 Å². The van der Waals surface area contributed by atoms with Gasteiger partial charge in [0.1, 0.15) is 5.75 Å².